The molecule has 2 fully saturated rings. The first-order valence-electron chi connectivity index (χ1n) is 11.0. The summed E-state index contributed by atoms with van der Waals surface area (Å²) in [6.07, 6.45) is 3.16. The van der Waals surface area contributed by atoms with Crippen LogP contribution >= 0.6 is 11.6 Å². The highest BCUT2D eigenvalue weighted by Gasteiger charge is 2.39. The highest BCUT2D eigenvalue weighted by Crippen LogP contribution is 2.36. The zero-order valence-corrected chi connectivity index (χ0v) is 19.8. The normalized spacial score (nSPS) is 20.4. The summed E-state index contributed by atoms with van der Waals surface area (Å²) >= 11 is 6.19. The van der Waals surface area contributed by atoms with Crippen molar-refractivity contribution in [1.82, 2.24) is 9.80 Å². The molecule has 34 heavy (non-hydrogen) atoms. The number of methoxy groups -OCH3 is 1. The minimum atomic E-state index is -0.272. The molecule has 180 valence electrons. The number of carbonyl (C=O) groups excluding carboxylic acids is 2. The molecule has 0 radical (unpaired) electrons. The molecule has 0 saturated carbocycles. The lowest BCUT2D eigenvalue weighted by molar-refractivity contribution is -0.141. The van der Waals surface area contributed by atoms with Gasteiger partial charge in [-0.25, -0.2) is 4.39 Å². The molecule has 1 N–H and O–H groups in total. The molecule has 2 amide bonds. The molecule has 9 heteroatoms. The third kappa shape index (κ3) is 5.41. The van der Waals surface area contributed by atoms with Gasteiger partial charge in [0.25, 0.3) is 0 Å². The lowest BCUT2D eigenvalue weighted by Crippen LogP contribution is -2.64. The van der Waals surface area contributed by atoms with Crippen molar-refractivity contribution >= 4 is 35.2 Å². The molecular formula is C25H27ClFN3O4. The lowest BCUT2D eigenvalue weighted by atomic mass is 10.0. The van der Waals surface area contributed by atoms with Crippen LogP contribution in [0.2, 0.25) is 5.02 Å². The Balaban J connectivity index is 1.48. The van der Waals surface area contributed by atoms with E-state index in [0.29, 0.717) is 54.9 Å². The number of anilines is 1. The minimum absolute atomic E-state index is 0.0560. The van der Waals surface area contributed by atoms with Crippen LogP contribution < -0.4 is 10.1 Å². The summed E-state index contributed by atoms with van der Waals surface area (Å²) in [5.41, 5.74) is 2.06. The largest absolute Gasteiger partial charge is 0.493 e. The molecule has 2 aromatic carbocycles. The van der Waals surface area contributed by atoms with Crippen LogP contribution in [0.3, 0.4) is 0 Å². The molecule has 7 nitrogen and oxygen atoms in total. The second-order valence-corrected chi connectivity index (χ2v) is 8.85. The third-order valence-corrected chi connectivity index (χ3v) is 6.36. The Bertz CT molecular complexity index is 1080. The number of nitrogens with zero attached hydrogens (tertiary/aromatic N) is 2. The predicted octanol–water partition coefficient (Wildman–Crippen LogP) is 3.57. The zero-order valence-electron chi connectivity index (χ0n) is 19.1. The molecule has 2 unspecified atom stereocenters. The van der Waals surface area contributed by atoms with Gasteiger partial charge in [-0.1, -0.05) is 29.8 Å². The fourth-order valence-corrected chi connectivity index (χ4v) is 4.68. The van der Waals surface area contributed by atoms with Gasteiger partial charge in [0.2, 0.25) is 11.8 Å². The molecule has 0 aliphatic carbocycles. The Morgan fingerprint density at radius 3 is 2.47 bits per heavy atom. The SMILES string of the molecule is COc1c(Cl)ccc(C=CC(=O)N2CC3COCC(C2)N3Cc2ccc(F)cc2)c1NC(C)=O. The summed E-state index contributed by atoms with van der Waals surface area (Å²) in [5, 5.41) is 3.09. The summed E-state index contributed by atoms with van der Waals surface area (Å²) in [4.78, 5) is 28.9. The van der Waals surface area contributed by atoms with E-state index >= 15 is 0 Å². The number of halogens is 2. The second-order valence-electron chi connectivity index (χ2n) is 8.45. The van der Waals surface area contributed by atoms with Crippen molar-refractivity contribution < 1.29 is 23.5 Å². The minimum Gasteiger partial charge on any atom is -0.493 e. The van der Waals surface area contributed by atoms with Crippen molar-refractivity contribution in [2.75, 3.05) is 38.7 Å². The van der Waals surface area contributed by atoms with E-state index in [2.05, 4.69) is 10.2 Å². The van der Waals surface area contributed by atoms with Crippen LogP contribution in [0.1, 0.15) is 18.1 Å². The Morgan fingerprint density at radius 2 is 1.85 bits per heavy atom. The van der Waals surface area contributed by atoms with E-state index in [9.17, 15) is 14.0 Å². The van der Waals surface area contributed by atoms with E-state index in [4.69, 9.17) is 21.1 Å². The fraction of sp³-hybridized carbons (Fsp3) is 0.360. The molecular weight excluding hydrogens is 461 g/mol. The van der Waals surface area contributed by atoms with Gasteiger partial charge >= 0.3 is 0 Å². The van der Waals surface area contributed by atoms with Crippen LogP contribution in [0.5, 0.6) is 5.75 Å². The monoisotopic (exact) mass is 487 g/mol. The van der Waals surface area contributed by atoms with E-state index in [-0.39, 0.29) is 29.7 Å². The smallest absolute Gasteiger partial charge is 0.246 e. The average Bonchev–Trinajstić information content (AvgIpc) is 2.79. The van der Waals surface area contributed by atoms with Crippen molar-refractivity contribution in [3.8, 4) is 5.75 Å². The molecule has 2 bridgehead atoms. The Kier molecular flexibility index (Phi) is 7.50. The maximum Gasteiger partial charge on any atom is 0.246 e. The number of benzene rings is 2. The van der Waals surface area contributed by atoms with E-state index in [1.807, 2.05) is 4.90 Å². The molecule has 2 aliphatic heterocycles. The quantitative estimate of drug-likeness (QED) is 0.631. The highest BCUT2D eigenvalue weighted by atomic mass is 35.5. The van der Waals surface area contributed by atoms with Gasteiger partial charge in [-0.15, -0.1) is 0 Å². The summed E-state index contributed by atoms with van der Waals surface area (Å²) in [7, 11) is 1.47. The number of ether oxygens (including phenoxy) is 2. The zero-order chi connectivity index (χ0) is 24.2. The maximum absolute atomic E-state index is 13.3. The standard InChI is InChI=1S/C25H27ClFN3O4/c1-16(31)28-24-18(5-9-22(26)25(24)33-2)6-10-23(32)29-12-20-14-34-15-21(13-29)30(20)11-17-3-7-19(27)8-4-17/h3-10,20-21H,11-15H2,1-2H3,(H,28,31). The van der Waals surface area contributed by atoms with Gasteiger partial charge in [0, 0.05) is 38.2 Å². The Labute approximate surface area is 203 Å². The maximum atomic E-state index is 13.3. The molecule has 0 aromatic heterocycles. The number of rotatable bonds is 6. The molecule has 2 atom stereocenters. The Hall–Kier alpha value is -2.94. The molecule has 4 rings (SSSR count). The van der Waals surface area contributed by atoms with Crippen LogP contribution in [0.4, 0.5) is 10.1 Å². The van der Waals surface area contributed by atoms with Crippen LogP contribution in [0.25, 0.3) is 6.08 Å². The van der Waals surface area contributed by atoms with E-state index in [0.717, 1.165) is 5.56 Å². The van der Waals surface area contributed by atoms with Crippen LogP contribution in [0, 0.1) is 5.82 Å². The number of morpholine rings is 1. The number of fused-ring (bicyclic) bond motifs is 2. The number of piperazine rings is 1. The van der Waals surface area contributed by atoms with Gasteiger partial charge in [0.15, 0.2) is 5.75 Å². The van der Waals surface area contributed by atoms with E-state index < -0.39 is 0 Å². The number of carbonyl (C=O) groups is 2. The summed E-state index contributed by atoms with van der Waals surface area (Å²) in [6.45, 7) is 4.21. The first-order chi connectivity index (χ1) is 16.4. The van der Waals surface area contributed by atoms with Gasteiger partial charge in [0.05, 0.1) is 43.1 Å². The third-order valence-electron chi connectivity index (χ3n) is 6.06. The summed E-state index contributed by atoms with van der Waals surface area (Å²) in [6, 6.07) is 10.0. The van der Waals surface area contributed by atoms with E-state index in [1.165, 1.54) is 32.2 Å². The Morgan fingerprint density at radius 1 is 1.18 bits per heavy atom. The summed E-state index contributed by atoms with van der Waals surface area (Å²) in [5.74, 6) is -0.310. The van der Waals surface area contributed by atoms with Gasteiger partial charge in [-0.05, 0) is 29.8 Å². The first-order valence-corrected chi connectivity index (χ1v) is 11.4. The van der Waals surface area contributed by atoms with Crippen molar-refractivity contribution in [2.24, 2.45) is 0 Å². The van der Waals surface area contributed by atoms with Crippen molar-refractivity contribution in [2.45, 2.75) is 25.6 Å². The summed E-state index contributed by atoms with van der Waals surface area (Å²) < 4.78 is 24.4. The van der Waals surface area contributed by atoms with Crippen molar-refractivity contribution in [3.63, 3.8) is 0 Å². The fourth-order valence-electron chi connectivity index (χ4n) is 4.45. The topological polar surface area (TPSA) is 71.1 Å². The van der Waals surface area contributed by atoms with Crippen molar-refractivity contribution in [3.05, 3.63) is 64.4 Å². The molecule has 2 aliphatic rings. The number of amides is 2. The highest BCUT2D eigenvalue weighted by molar-refractivity contribution is 6.32. The van der Waals surface area contributed by atoms with Gasteiger partial charge in [-0.3, -0.25) is 14.5 Å². The predicted molar refractivity (Wildman–Crippen MR) is 128 cm³/mol. The number of hydrogen-bond acceptors (Lipinski definition) is 5. The van der Waals surface area contributed by atoms with Crippen molar-refractivity contribution in [1.29, 1.82) is 0 Å². The van der Waals surface area contributed by atoms with Gasteiger partial charge in [-0.2, -0.15) is 0 Å². The second kappa shape index (κ2) is 10.5. The average molecular weight is 488 g/mol. The van der Waals surface area contributed by atoms with Crippen LogP contribution in [-0.2, 0) is 20.9 Å². The van der Waals surface area contributed by atoms with Crippen LogP contribution in [0.15, 0.2) is 42.5 Å². The number of hydrogen-bond donors (Lipinski definition) is 1. The van der Waals surface area contributed by atoms with Gasteiger partial charge in [0.1, 0.15) is 5.82 Å². The molecule has 0 spiro atoms. The van der Waals surface area contributed by atoms with Gasteiger partial charge < -0.3 is 19.7 Å². The lowest BCUT2D eigenvalue weighted by Gasteiger charge is -2.49. The molecule has 2 saturated heterocycles. The first kappa shape index (κ1) is 24.2. The van der Waals surface area contributed by atoms with Crippen LogP contribution in [-0.4, -0.2) is 67.1 Å². The molecule has 2 aromatic rings. The van der Waals surface area contributed by atoms with E-state index in [1.54, 1.807) is 30.3 Å². The molecule has 2 heterocycles. The number of nitrogens with one attached hydrogen (secondary N) is 1.